The van der Waals surface area contributed by atoms with Gasteiger partial charge >= 0.3 is 0 Å². The lowest BCUT2D eigenvalue weighted by molar-refractivity contribution is -0.132. The third-order valence-electron chi connectivity index (χ3n) is 14.5. The van der Waals surface area contributed by atoms with Crippen molar-refractivity contribution in [2.75, 3.05) is 92.6 Å². The molecule has 2 heterocycles. The maximum Gasteiger partial charge on any atom is 0.242 e. The molecule has 1 aromatic heterocycles. The van der Waals surface area contributed by atoms with Gasteiger partial charge in [-0.25, -0.2) is 9.98 Å². The highest BCUT2D eigenvalue weighted by Crippen LogP contribution is 2.41. The van der Waals surface area contributed by atoms with E-state index in [1.165, 1.54) is 92.6 Å². The zero-order valence-electron chi connectivity index (χ0n) is 57.5. The predicted molar refractivity (Wildman–Crippen MR) is 383 cm³/mol. The second-order valence-electron chi connectivity index (χ2n) is 23.4. The number of thiazole rings is 1. The Balaban J connectivity index is 0.00000152. The number of carbonyl (C=O) groups excluding carboxylic acids is 3. The van der Waals surface area contributed by atoms with Crippen molar-refractivity contribution in [1.82, 2.24) is 20.5 Å². The molecule has 17 nitrogen and oxygen atoms in total. The van der Waals surface area contributed by atoms with Crippen LogP contribution in [0.25, 0.3) is 10.4 Å². The lowest BCUT2D eigenvalue weighted by Crippen LogP contribution is -2.39. The molecule has 3 unspecified atom stereocenters. The van der Waals surface area contributed by atoms with Crippen LogP contribution in [-0.2, 0) is 39.8 Å². The molecule has 0 radical (unpaired) electrons. The topological polar surface area (TPSA) is 242 Å². The van der Waals surface area contributed by atoms with Gasteiger partial charge in [0.1, 0.15) is 5.82 Å². The van der Waals surface area contributed by atoms with E-state index < -0.39 is 6.10 Å². The molecule has 0 aliphatic carbocycles. The molecule has 7 N–H and O–H groups in total. The average Bonchev–Trinajstić information content (AvgIpc) is 2.10. The van der Waals surface area contributed by atoms with Gasteiger partial charge in [-0.15, -0.1) is 11.3 Å². The smallest absolute Gasteiger partial charge is 0.242 e. The number of likely N-dealkylation sites (tertiary alicyclic amines) is 1. The normalized spacial score (nSPS) is 14.0. The number of aliphatic hydroxyl groups excluding tert-OH is 1. The van der Waals surface area contributed by atoms with Crippen LogP contribution < -0.4 is 22.1 Å². The van der Waals surface area contributed by atoms with Gasteiger partial charge in [-0.1, -0.05) is 177 Å². The third kappa shape index (κ3) is 43.4. The second-order valence-corrected chi connectivity index (χ2v) is 26.2. The third-order valence-corrected chi connectivity index (χ3v) is 17.8. The van der Waals surface area contributed by atoms with Gasteiger partial charge in [0.25, 0.3) is 0 Å². The Morgan fingerprint density at radius 2 is 1.42 bits per heavy atom. The van der Waals surface area contributed by atoms with Crippen LogP contribution in [0.5, 0.6) is 0 Å². The number of hydrogen-bond acceptors (Lipinski definition) is 16. The Morgan fingerprint density at radius 3 is 1.97 bits per heavy atom. The van der Waals surface area contributed by atoms with Gasteiger partial charge in [0.15, 0.2) is 0 Å². The summed E-state index contributed by atoms with van der Waals surface area (Å²) in [4.78, 5) is 57.9. The molecule has 0 spiro atoms. The Morgan fingerprint density at radius 1 is 0.824 bits per heavy atom. The number of amides is 3. The van der Waals surface area contributed by atoms with Gasteiger partial charge in [0, 0.05) is 61.2 Å². The van der Waals surface area contributed by atoms with Crippen molar-refractivity contribution < 1.29 is 38.4 Å². The van der Waals surface area contributed by atoms with Crippen molar-refractivity contribution in [2.45, 2.75) is 202 Å². The number of ether oxygens (including phenoxy) is 4. The number of rotatable bonds is 42. The van der Waals surface area contributed by atoms with Crippen LogP contribution in [0.2, 0.25) is 10.0 Å². The summed E-state index contributed by atoms with van der Waals surface area (Å²) in [5, 5.41) is 18.4. The summed E-state index contributed by atoms with van der Waals surface area (Å²) in [7, 11) is 1.19. The first-order valence-electron chi connectivity index (χ1n) is 33.2. The van der Waals surface area contributed by atoms with E-state index in [1.54, 1.807) is 28.4 Å². The number of nitrogens with one attached hydrogen (secondary N) is 2. The van der Waals surface area contributed by atoms with Gasteiger partial charge < -0.3 is 51.1 Å². The number of unbranched alkanes of at least 4 members (excludes halogenated alkanes) is 6. The highest BCUT2D eigenvalue weighted by atomic mass is 35.5. The van der Waals surface area contributed by atoms with E-state index in [-0.39, 0.29) is 42.0 Å². The van der Waals surface area contributed by atoms with Crippen LogP contribution in [0.4, 0.5) is 0 Å². The predicted octanol–water partition coefficient (Wildman–Crippen LogP) is 15.7. The van der Waals surface area contributed by atoms with Crippen molar-refractivity contribution in [1.29, 1.82) is 0 Å². The number of nitrogens with zero attached hydrogens (tertiary/aromatic N) is 4. The highest BCUT2D eigenvalue weighted by Gasteiger charge is 2.27. The summed E-state index contributed by atoms with van der Waals surface area (Å²) in [6.07, 6.45) is 20.4. The number of aliphatic imine (C=N–C) groups is 1. The molecule has 21 heteroatoms. The lowest BCUT2D eigenvalue weighted by Gasteiger charge is -2.33. The van der Waals surface area contributed by atoms with E-state index in [4.69, 9.17) is 58.5 Å². The Kier molecular flexibility index (Phi) is 53.5. The number of nitrogens with two attached hydrogens (primary N) is 2. The first-order chi connectivity index (χ1) is 43.7. The number of aromatic nitrogens is 1. The maximum atomic E-state index is 12.1. The molecule has 1 aliphatic rings. The molecule has 518 valence electrons. The SMILES string of the molecule is C=C/C(C)=N\C(N)=C(\Sc1cccc(Cl)c1Cl)C(C)CC.CC(C)C.CCCCCC(CN)(CCC)CCCCCC(=O)NCCOCCOCCOCCCCCOCCC(=O)NCC(=O)N1CCC(O)C1.CCCc1ccc(-c2scnc2C)cc1.CN=O. The Labute approximate surface area is 567 Å². The first-order valence-corrected chi connectivity index (χ1v) is 35.7. The van der Waals surface area contributed by atoms with E-state index in [0.717, 1.165) is 78.6 Å². The van der Waals surface area contributed by atoms with Gasteiger partial charge in [-0.2, -0.15) is 4.91 Å². The molecule has 1 aliphatic heterocycles. The number of thioether (sulfide) groups is 1. The monoisotopic (exact) mass is 1350 g/mol. The fourth-order valence-corrected chi connectivity index (χ4v) is 11.6. The van der Waals surface area contributed by atoms with E-state index >= 15 is 0 Å². The molecule has 3 amide bonds. The molecule has 0 bridgehead atoms. The number of benzene rings is 2. The first kappa shape index (κ1) is 86.7. The van der Waals surface area contributed by atoms with Crippen LogP contribution in [-0.4, -0.2) is 137 Å². The molecular weight excluding hydrogens is 1230 g/mol. The molecule has 1 fully saturated rings. The zero-order valence-corrected chi connectivity index (χ0v) is 60.6. The molecule has 0 saturated carbocycles. The molecule has 1 saturated heterocycles. The average molecular weight is 1350 g/mol. The Bertz CT molecular complexity index is 2450. The quantitative estimate of drug-likeness (QED) is 0.0154. The standard InChI is InChI=1S/C36H70N4O8.C16H20Cl2N2S.C13H15NS.C4H10.CH3NO/c1-3-5-9-17-36(31-37,16-4-2)18-10-6-8-13-33(42)38-19-24-47-26-28-48-27-25-46-22-12-7-11-21-45-23-15-34(43)39-29-35(44)40-20-14-32(41)30-40;1-5-10(3)15(16(19)20-11(4)6-2)21-13-9-7-8-12(17)14(13)18;1-3-4-11-5-7-12(8-6-11)13-10(2)14-9-15-13;1-4(2)3;1-2-3/h32,41H,3-31,37H2,1-2H3,(H,38,42)(H,39,43);6-10H,2,5,19H2,1,3-4H3;5-9H,3-4H2,1-2H3;4H,1-3H3;1H3/b;16-15+,20-11-;;;. The number of nitroso groups, excluding NO2 is 1. The minimum Gasteiger partial charge on any atom is -0.391 e. The lowest BCUT2D eigenvalue weighted by atomic mass is 9.74. The van der Waals surface area contributed by atoms with Gasteiger partial charge in [0.05, 0.1) is 85.5 Å². The molecule has 3 atom stereocenters. The summed E-state index contributed by atoms with van der Waals surface area (Å²) >= 11 is 15.5. The number of β-amino-alcohol motifs (C(OH)–C–C–N with tert-alkyl or cyclic N) is 1. The number of aryl methyl sites for hydroxylation is 2. The summed E-state index contributed by atoms with van der Waals surface area (Å²) in [5.41, 5.74) is 19.2. The number of hydrogen-bond donors (Lipinski definition) is 5. The number of carbonyl (C=O) groups is 3. The van der Waals surface area contributed by atoms with Crippen LogP contribution in [0.3, 0.4) is 0 Å². The van der Waals surface area contributed by atoms with Gasteiger partial charge in [-0.3, -0.25) is 14.4 Å². The molecular formula is C70H118Cl2N8O9S2. The summed E-state index contributed by atoms with van der Waals surface area (Å²) in [5.74, 6) is 1.33. The molecule has 91 heavy (non-hydrogen) atoms. The molecule has 3 aromatic rings. The van der Waals surface area contributed by atoms with Crippen LogP contribution in [0.1, 0.15) is 189 Å². The number of halogens is 2. The van der Waals surface area contributed by atoms with E-state index in [0.29, 0.717) is 101 Å². The summed E-state index contributed by atoms with van der Waals surface area (Å²) in [6, 6.07) is 14.4. The summed E-state index contributed by atoms with van der Waals surface area (Å²) in [6.45, 7) is 31.2. The number of aliphatic hydroxyl groups is 1. The molecule has 4 rings (SSSR count). The highest BCUT2D eigenvalue weighted by molar-refractivity contribution is 8.03. The molecule has 2 aromatic carbocycles. The fraction of sp³-hybridized carbons (Fsp3) is 0.671. The van der Waals surface area contributed by atoms with Crippen LogP contribution in [0.15, 0.2) is 86.4 Å². The Hall–Kier alpha value is -4.28. The summed E-state index contributed by atoms with van der Waals surface area (Å²) < 4.78 is 22.2. The van der Waals surface area contributed by atoms with Gasteiger partial charge in [-0.05, 0) is 131 Å². The van der Waals surface area contributed by atoms with E-state index in [9.17, 15) is 19.5 Å². The van der Waals surface area contributed by atoms with Crippen molar-refractivity contribution in [3.63, 3.8) is 0 Å². The van der Waals surface area contributed by atoms with Gasteiger partial charge in [0.2, 0.25) is 17.7 Å². The minimum absolute atomic E-state index is 0.0399. The number of allylic oxidation sites excluding steroid dienone is 2. The van der Waals surface area contributed by atoms with Crippen LogP contribution in [0, 0.1) is 29.1 Å². The van der Waals surface area contributed by atoms with Crippen molar-refractivity contribution in [3.05, 3.63) is 97.6 Å². The van der Waals surface area contributed by atoms with E-state index in [2.05, 4.69) is 119 Å². The maximum absolute atomic E-state index is 12.1. The second kappa shape index (κ2) is 56.1. The van der Waals surface area contributed by atoms with Crippen molar-refractivity contribution in [2.24, 2.45) is 38.9 Å². The van der Waals surface area contributed by atoms with Crippen LogP contribution >= 0.6 is 46.3 Å². The van der Waals surface area contributed by atoms with Crippen molar-refractivity contribution >= 4 is 69.7 Å². The minimum atomic E-state index is -0.459. The van der Waals surface area contributed by atoms with Crippen molar-refractivity contribution in [3.8, 4) is 10.4 Å². The fourth-order valence-electron chi connectivity index (χ4n) is 9.26. The largest absolute Gasteiger partial charge is 0.391 e. The van der Waals surface area contributed by atoms with E-state index in [1.807, 2.05) is 24.6 Å². The zero-order chi connectivity index (χ0) is 68.1.